The highest BCUT2D eigenvalue weighted by molar-refractivity contribution is 14.1. The van der Waals surface area contributed by atoms with Gasteiger partial charge >= 0.3 is 0 Å². The summed E-state index contributed by atoms with van der Waals surface area (Å²) in [5, 5.41) is 4.27. The van der Waals surface area contributed by atoms with Gasteiger partial charge in [0.05, 0.1) is 15.0 Å². The Morgan fingerprint density at radius 2 is 1.95 bits per heavy atom. The number of nitrogens with zero attached hydrogens (tertiary/aromatic N) is 2. The quantitative estimate of drug-likeness (QED) is 0.629. The highest BCUT2D eigenvalue weighted by Gasteiger charge is 2.16. The van der Waals surface area contributed by atoms with Crippen LogP contribution in [-0.2, 0) is 12.2 Å². The number of aromatic nitrogens is 2. The monoisotopic (exact) mass is 419 g/mol. The number of halogens is 1. The van der Waals surface area contributed by atoms with Crippen LogP contribution in [0.3, 0.4) is 0 Å². The molecule has 0 bridgehead atoms. The molecular formula is C16H26IN3S. The van der Waals surface area contributed by atoms with Gasteiger partial charge in [-0.1, -0.05) is 33.1 Å². The lowest BCUT2D eigenvalue weighted by molar-refractivity contribution is 0.516. The number of aryl methyl sites for hydroxylation is 1. The van der Waals surface area contributed by atoms with E-state index in [-0.39, 0.29) is 0 Å². The molecule has 1 aromatic rings. The topological polar surface area (TPSA) is 37.8 Å². The van der Waals surface area contributed by atoms with Crippen LogP contribution in [0.15, 0.2) is 0 Å². The molecule has 1 N–H and O–H groups in total. The molecule has 0 amide bonds. The van der Waals surface area contributed by atoms with E-state index in [2.05, 4.69) is 53.5 Å². The van der Waals surface area contributed by atoms with E-state index in [0.717, 1.165) is 42.0 Å². The molecule has 0 saturated heterocycles. The van der Waals surface area contributed by atoms with E-state index >= 15 is 0 Å². The average Bonchev–Trinajstić information content (AvgIpc) is 2.53. The van der Waals surface area contributed by atoms with Crippen molar-refractivity contribution in [2.45, 2.75) is 69.8 Å². The van der Waals surface area contributed by atoms with Gasteiger partial charge in [-0.25, -0.2) is 9.97 Å². The third-order valence-corrected chi connectivity index (χ3v) is 6.35. The van der Waals surface area contributed by atoms with Crippen LogP contribution in [0.4, 0.5) is 5.82 Å². The standard InChI is InChI=1S/C16H26IN3S/c1-3-10-18-16-15(17)13(4-2)19-14(20-16)11-21-12-8-6-5-7-9-12/h12H,3-11H2,1-2H3,(H,18,19,20). The predicted molar refractivity (Wildman–Crippen MR) is 101 cm³/mol. The average molecular weight is 419 g/mol. The van der Waals surface area contributed by atoms with Crippen molar-refractivity contribution in [1.29, 1.82) is 0 Å². The van der Waals surface area contributed by atoms with Crippen molar-refractivity contribution in [2.75, 3.05) is 11.9 Å². The third-order valence-electron chi connectivity index (χ3n) is 3.84. The molecule has 1 aromatic heterocycles. The molecule has 0 aromatic carbocycles. The second kappa shape index (κ2) is 9.18. The molecular weight excluding hydrogens is 393 g/mol. The van der Waals surface area contributed by atoms with Crippen molar-refractivity contribution in [2.24, 2.45) is 0 Å². The van der Waals surface area contributed by atoms with E-state index in [1.54, 1.807) is 0 Å². The van der Waals surface area contributed by atoms with E-state index in [1.807, 2.05) is 0 Å². The maximum absolute atomic E-state index is 4.76. The van der Waals surface area contributed by atoms with E-state index in [1.165, 1.54) is 41.4 Å². The molecule has 1 aliphatic rings. The summed E-state index contributed by atoms with van der Waals surface area (Å²) in [6.45, 7) is 5.33. The molecule has 1 fully saturated rings. The number of hydrogen-bond acceptors (Lipinski definition) is 4. The van der Waals surface area contributed by atoms with Crippen LogP contribution in [-0.4, -0.2) is 21.8 Å². The molecule has 1 aliphatic carbocycles. The van der Waals surface area contributed by atoms with Crippen LogP contribution in [0.1, 0.15) is 63.9 Å². The molecule has 0 unspecified atom stereocenters. The summed E-state index contributed by atoms with van der Waals surface area (Å²) >= 11 is 4.43. The first kappa shape index (κ1) is 17.3. The summed E-state index contributed by atoms with van der Waals surface area (Å²) in [6.07, 6.45) is 9.05. The smallest absolute Gasteiger partial charge is 0.143 e. The van der Waals surface area contributed by atoms with Gasteiger partial charge in [-0.2, -0.15) is 11.8 Å². The van der Waals surface area contributed by atoms with Crippen LogP contribution >= 0.6 is 34.4 Å². The van der Waals surface area contributed by atoms with Crippen molar-refractivity contribution in [1.82, 2.24) is 9.97 Å². The zero-order chi connectivity index (χ0) is 15.1. The lowest BCUT2D eigenvalue weighted by Gasteiger charge is -2.21. The van der Waals surface area contributed by atoms with Crippen LogP contribution in [0, 0.1) is 3.57 Å². The summed E-state index contributed by atoms with van der Waals surface area (Å²) in [5.41, 5.74) is 1.18. The summed E-state index contributed by atoms with van der Waals surface area (Å²) in [4.78, 5) is 9.52. The molecule has 0 atom stereocenters. The largest absolute Gasteiger partial charge is 0.369 e. The molecule has 21 heavy (non-hydrogen) atoms. The van der Waals surface area contributed by atoms with Crippen molar-refractivity contribution in [3.8, 4) is 0 Å². The highest BCUT2D eigenvalue weighted by Crippen LogP contribution is 2.30. The Bertz CT molecular complexity index is 447. The molecule has 0 radical (unpaired) electrons. The fourth-order valence-electron chi connectivity index (χ4n) is 2.63. The van der Waals surface area contributed by atoms with Gasteiger partial charge in [0.1, 0.15) is 11.6 Å². The van der Waals surface area contributed by atoms with Gasteiger partial charge in [-0.15, -0.1) is 0 Å². The Kier molecular flexibility index (Phi) is 7.57. The Labute approximate surface area is 146 Å². The first-order chi connectivity index (χ1) is 10.2. The van der Waals surface area contributed by atoms with Crippen molar-refractivity contribution in [3.05, 3.63) is 15.1 Å². The molecule has 0 aliphatic heterocycles. The molecule has 1 saturated carbocycles. The van der Waals surface area contributed by atoms with E-state index in [9.17, 15) is 0 Å². The first-order valence-corrected chi connectivity index (χ1v) is 10.3. The van der Waals surface area contributed by atoms with Crippen LogP contribution in [0.5, 0.6) is 0 Å². The molecule has 5 heteroatoms. The van der Waals surface area contributed by atoms with Crippen molar-refractivity contribution in [3.63, 3.8) is 0 Å². The van der Waals surface area contributed by atoms with Gasteiger partial charge in [0, 0.05) is 11.8 Å². The van der Waals surface area contributed by atoms with E-state index < -0.39 is 0 Å². The number of rotatable bonds is 7. The third kappa shape index (κ3) is 5.27. The molecule has 2 rings (SSSR count). The zero-order valence-corrected chi connectivity index (χ0v) is 16.1. The number of thioether (sulfide) groups is 1. The Morgan fingerprint density at radius 3 is 2.62 bits per heavy atom. The predicted octanol–water partition coefficient (Wildman–Crippen LogP) is 5.03. The first-order valence-electron chi connectivity index (χ1n) is 8.15. The summed E-state index contributed by atoms with van der Waals surface area (Å²) in [6, 6.07) is 0. The number of anilines is 1. The van der Waals surface area contributed by atoms with E-state index in [4.69, 9.17) is 9.97 Å². The zero-order valence-electron chi connectivity index (χ0n) is 13.1. The lowest BCUT2D eigenvalue weighted by Crippen LogP contribution is -2.12. The summed E-state index contributed by atoms with van der Waals surface area (Å²) < 4.78 is 1.19. The van der Waals surface area contributed by atoms with Crippen LogP contribution in [0.2, 0.25) is 0 Å². The van der Waals surface area contributed by atoms with Crippen molar-refractivity contribution >= 4 is 40.2 Å². The number of nitrogens with one attached hydrogen (secondary N) is 1. The van der Waals surface area contributed by atoms with Gasteiger partial charge in [-0.3, -0.25) is 0 Å². The molecule has 118 valence electrons. The van der Waals surface area contributed by atoms with Gasteiger partial charge in [0.15, 0.2) is 0 Å². The molecule has 3 nitrogen and oxygen atoms in total. The summed E-state index contributed by atoms with van der Waals surface area (Å²) in [7, 11) is 0. The van der Waals surface area contributed by atoms with Gasteiger partial charge in [-0.05, 0) is 48.3 Å². The van der Waals surface area contributed by atoms with Crippen molar-refractivity contribution < 1.29 is 0 Å². The Morgan fingerprint density at radius 1 is 1.19 bits per heavy atom. The fraction of sp³-hybridized carbons (Fsp3) is 0.750. The maximum atomic E-state index is 4.76. The minimum absolute atomic E-state index is 0.818. The van der Waals surface area contributed by atoms with Crippen LogP contribution in [0.25, 0.3) is 0 Å². The summed E-state index contributed by atoms with van der Waals surface area (Å²) in [5.74, 6) is 2.99. The van der Waals surface area contributed by atoms with Gasteiger partial charge in [0.2, 0.25) is 0 Å². The van der Waals surface area contributed by atoms with Gasteiger partial charge in [0.25, 0.3) is 0 Å². The molecule has 0 spiro atoms. The molecule has 1 heterocycles. The fourth-order valence-corrected chi connectivity index (χ4v) is 4.62. The van der Waals surface area contributed by atoms with Gasteiger partial charge < -0.3 is 5.32 Å². The van der Waals surface area contributed by atoms with E-state index in [0.29, 0.717) is 0 Å². The maximum Gasteiger partial charge on any atom is 0.143 e. The Balaban J connectivity index is 2.03. The lowest BCUT2D eigenvalue weighted by atomic mass is 10.0. The minimum Gasteiger partial charge on any atom is -0.369 e. The normalized spacial score (nSPS) is 16.1. The second-order valence-corrected chi connectivity index (χ2v) is 7.97. The minimum atomic E-state index is 0.818. The SMILES string of the molecule is CCCNc1nc(CSC2CCCCC2)nc(CC)c1I. The second-order valence-electron chi connectivity index (χ2n) is 5.60. The van der Waals surface area contributed by atoms with Crippen LogP contribution < -0.4 is 5.32 Å². The highest BCUT2D eigenvalue weighted by atomic mass is 127. The number of hydrogen-bond donors (Lipinski definition) is 1. The Hall–Kier alpha value is -0.0400.